The third-order valence-electron chi connectivity index (χ3n) is 3.89. The first-order valence-electron chi connectivity index (χ1n) is 6.51. The SMILES string of the molecule is C=C1C(=O)O[C@H]2CC(=C)[C@H](O)CC/C(C)=C/[C@H](O)[C@@H]12. The predicted molar refractivity (Wildman–Crippen MR) is 71.3 cm³/mol. The van der Waals surface area contributed by atoms with E-state index in [1.54, 1.807) is 6.08 Å². The molecule has 2 N–H and O–H groups in total. The van der Waals surface area contributed by atoms with E-state index in [1.165, 1.54) is 0 Å². The molecule has 104 valence electrons. The van der Waals surface area contributed by atoms with E-state index < -0.39 is 30.2 Å². The molecule has 0 aromatic rings. The molecule has 4 nitrogen and oxygen atoms in total. The first-order valence-corrected chi connectivity index (χ1v) is 6.51. The van der Waals surface area contributed by atoms with Crippen LogP contribution in [0.2, 0.25) is 0 Å². The molecule has 2 rings (SSSR count). The maximum Gasteiger partial charge on any atom is 0.334 e. The molecule has 2 aliphatic rings. The number of rotatable bonds is 0. The number of fused-ring (bicyclic) bond motifs is 1. The summed E-state index contributed by atoms with van der Waals surface area (Å²) in [4.78, 5) is 11.6. The number of esters is 1. The summed E-state index contributed by atoms with van der Waals surface area (Å²) >= 11 is 0. The van der Waals surface area contributed by atoms with Gasteiger partial charge in [0.25, 0.3) is 0 Å². The van der Waals surface area contributed by atoms with Crippen molar-refractivity contribution in [3.63, 3.8) is 0 Å². The van der Waals surface area contributed by atoms with Gasteiger partial charge >= 0.3 is 5.97 Å². The molecular weight excluding hydrogens is 244 g/mol. The number of ether oxygens (including phenoxy) is 1. The lowest BCUT2D eigenvalue weighted by atomic mass is 9.84. The quantitative estimate of drug-likeness (QED) is 0.395. The van der Waals surface area contributed by atoms with Crippen LogP contribution in [0.4, 0.5) is 0 Å². The van der Waals surface area contributed by atoms with Gasteiger partial charge in [-0.3, -0.25) is 0 Å². The Balaban J connectivity index is 2.33. The highest BCUT2D eigenvalue weighted by Crippen LogP contribution is 2.35. The molecule has 1 saturated heterocycles. The second kappa shape index (κ2) is 5.31. The maximum atomic E-state index is 11.6. The van der Waals surface area contributed by atoms with E-state index >= 15 is 0 Å². The zero-order valence-corrected chi connectivity index (χ0v) is 11.1. The van der Waals surface area contributed by atoms with E-state index in [-0.39, 0.29) is 0 Å². The molecule has 0 bridgehead atoms. The summed E-state index contributed by atoms with van der Waals surface area (Å²) in [6.07, 6.45) is 1.47. The Morgan fingerprint density at radius 2 is 2.05 bits per heavy atom. The van der Waals surface area contributed by atoms with Crippen molar-refractivity contribution in [1.29, 1.82) is 0 Å². The molecule has 0 spiro atoms. The summed E-state index contributed by atoms with van der Waals surface area (Å²) in [7, 11) is 0. The highest BCUT2D eigenvalue weighted by atomic mass is 16.6. The number of carbonyl (C=O) groups is 1. The standard InChI is InChI=1S/C15H20O4/c1-8-4-5-11(16)9(2)7-13-14(12(17)6-8)10(3)15(18)19-13/h6,11-14,16-17H,2-5,7H2,1H3/b8-6+/t11-,12+,13+,14-/m1/s1. The number of hydrogen-bond acceptors (Lipinski definition) is 4. The van der Waals surface area contributed by atoms with Crippen LogP contribution in [-0.4, -0.2) is 34.5 Å². The van der Waals surface area contributed by atoms with Crippen LogP contribution in [0.25, 0.3) is 0 Å². The number of aliphatic hydroxyl groups is 2. The van der Waals surface area contributed by atoms with E-state index in [2.05, 4.69) is 13.2 Å². The molecule has 19 heavy (non-hydrogen) atoms. The van der Waals surface area contributed by atoms with Gasteiger partial charge in [-0.25, -0.2) is 4.79 Å². The molecule has 0 radical (unpaired) electrons. The smallest absolute Gasteiger partial charge is 0.334 e. The average Bonchev–Trinajstić information content (AvgIpc) is 2.60. The highest BCUT2D eigenvalue weighted by Gasteiger charge is 2.42. The Morgan fingerprint density at radius 1 is 1.37 bits per heavy atom. The lowest BCUT2D eigenvalue weighted by Crippen LogP contribution is -2.30. The first kappa shape index (κ1) is 14.0. The van der Waals surface area contributed by atoms with Crippen molar-refractivity contribution in [2.45, 2.75) is 44.5 Å². The molecule has 1 aliphatic carbocycles. The van der Waals surface area contributed by atoms with Gasteiger partial charge in [0, 0.05) is 12.0 Å². The fourth-order valence-corrected chi connectivity index (χ4v) is 2.68. The van der Waals surface area contributed by atoms with Gasteiger partial charge in [0.05, 0.1) is 18.1 Å². The van der Waals surface area contributed by atoms with Crippen molar-refractivity contribution >= 4 is 5.97 Å². The van der Waals surface area contributed by atoms with Gasteiger partial charge in [0.2, 0.25) is 0 Å². The van der Waals surface area contributed by atoms with Crippen LogP contribution in [0.15, 0.2) is 36.0 Å². The molecule has 1 fully saturated rings. The second-order valence-electron chi connectivity index (χ2n) is 5.42. The number of aliphatic hydroxyl groups excluding tert-OH is 2. The van der Waals surface area contributed by atoms with E-state index in [9.17, 15) is 15.0 Å². The van der Waals surface area contributed by atoms with Crippen LogP contribution in [-0.2, 0) is 9.53 Å². The molecule has 0 aromatic carbocycles. The third kappa shape index (κ3) is 2.80. The summed E-state index contributed by atoms with van der Waals surface area (Å²) in [5.74, 6) is -0.925. The van der Waals surface area contributed by atoms with E-state index in [1.807, 2.05) is 6.92 Å². The van der Waals surface area contributed by atoms with Crippen molar-refractivity contribution in [3.05, 3.63) is 36.0 Å². The van der Waals surface area contributed by atoms with Gasteiger partial charge in [0.1, 0.15) is 6.10 Å². The molecule has 1 aliphatic heterocycles. The van der Waals surface area contributed by atoms with E-state index in [4.69, 9.17) is 4.74 Å². The lowest BCUT2D eigenvalue weighted by molar-refractivity contribution is -0.139. The Labute approximate surface area is 113 Å². The summed E-state index contributed by atoms with van der Waals surface area (Å²) in [5, 5.41) is 20.2. The topological polar surface area (TPSA) is 66.8 Å². The summed E-state index contributed by atoms with van der Waals surface area (Å²) in [6, 6.07) is 0. The third-order valence-corrected chi connectivity index (χ3v) is 3.89. The highest BCUT2D eigenvalue weighted by molar-refractivity contribution is 5.91. The lowest BCUT2D eigenvalue weighted by Gasteiger charge is -2.25. The van der Waals surface area contributed by atoms with E-state index in [0.717, 1.165) is 5.57 Å². The van der Waals surface area contributed by atoms with Crippen LogP contribution in [0, 0.1) is 5.92 Å². The minimum Gasteiger partial charge on any atom is -0.458 e. The molecule has 1 heterocycles. The number of allylic oxidation sites excluding steroid dienone is 1. The molecule has 0 amide bonds. The predicted octanol–water partition coefficient (Wildman–Crippen LogP) is 1.49. The Hall–Kier alpha value is -1.39. The normalized spacial score (nSPS) is 39.3. The van der Waals surface area contributed by atoms with Gasteiger partial charge in [-0.05, 0) is 25.3 Å². The van der Waals surface area contributed by atoms with Crippen molar-refractivity contribution in [2.24, 2.45) is 5.92 Å². The monoisotopic (exact) mass is 264 g/mol. The van der Waals surface area contributed by atoms with Crippen LogP contribution in [0.5, 0.6) is 0 Å². The second-order valence-corrected chi connectivity index (χ2v) is 5.42. The fraction of sp³-hybridized carbons (Fsp3) is 0.533. The average molecular weight is 264 g/mol. The van der Waals surface area contributed by atoms with Gasteiger partial charge in [-0.1, -0.05) is 24.8 Å². The van der Waals surface area contributed by atoms with Crippen molar-refractivity contribution in [3.8, 4) is 0 Å². The molecule has 0 unspecified atom stereocenters. The van der Waals surface area contributed by atoms with Crippen LogP contribution >= 0.6 is 0 Å². The summed E-state index contributed by atoms with van der Waals surface area (Å²) in [5.41, 5.74) is 1.91. The van der Waals surface area contributed by atoms with E-state index in [0.29, 0.717) is 30.4 Å². The Bertz CT molecular complexity index is 449. The molecule has 0 aromatic heterocycles. The zero-order valence-electron chi connectivity index (χ0n) is 11.1. The number of carbonyl (C=O) groups excluding carboxylic acids is 1. The molecular formula is C15H20O4. The molecule has 0 saturated carbocycles. The minimum atomic E-state index is -0.785. The van der Waals surface area contributed by atoms with Crippen LogP contribution in [0.3, 0.4) is 0 Å². The fourth-order valence-electron chi connectivity index (χ4n) is 2.68. The Kier molecular flexibility index (Phi) is 3.92. The van der Waals surface area contributed by atoms with Gasteiger partial charge in [-0.15, -0.1) is 0 Å². The van der Waals surface area contributed by atoms with Gasteiger partial charge < -0.3 is 14.9 Å². The van der Waals surface area contributed by atoms with Crippen molar-refractivity contribution in [2.75, 3.05) is 0 Å². The minimum absolute atomic E-state index is 0.296. The van der Waals surface area contributed by atoms with Crippen molar-refractivity contribution < 1.29 is 19.7 Å². The molecule has 4 heteroatoms. The van der Waals surface area contributed by atoms with Gasteiger partial charge in [0.15, 0.2) is 0 Å². The van der Waals surface area contributed by atoms with Crippen LogP contribution in [0.1, 0.15) is 26.2 Å². The number of hydrogen-bond donors (Lipinski definition) is 2. The summed E-state index contributed by atoms with van der Waals surface area (Å²) < 4.78 is 5.23. The van der Waals surface area contributed by atoms with Crippen LogP contribution < -0.4 is 0 Å². The maximum absolute atomic E-state index is 11.6. The van der Waals surface area contributed by atoms with Crippen molar-refractivity contribution in [1.82, 2.24) is 0 Å². The Morgan fingerprint density at radius 3 is 2.74 bits per heavy atom. The summed E-state index contributed by atoms with van der Waals surface area (Å²) in [6.45, 7) is 9.47. The zero-order chi connectivity index (χ0) is 14.2. The largest absolute Gasteiger partial charge is 0.458 e. The van der Waals surface area contributed by atoms with Gasteiger partial charge in [-0.2, -0.15) is 0 Å². The first-order chi connectivity index (χ1) is 8.90. The molecule has 4 atom stereocenters.